The van der Waals surface area contributed by atoms with Gasteiger partial charge in [0.15, 0.2) is 0 Å². The highest BCUT2D eigenvalue weighted by Gasteiger charge is 2.17. The van der Waals surface area contributed by atoms with E-state index in [0.717, 1.165) is 24.7 Å². The predicted molar refractivity (Wildman–Crippen MR) is 55.8 cm³/mol. The van der Waals surface area contributed by atoms with Gasteiger partial charge in [0.2, 0.25) is 0 Å². The number of nitrogens with one attached hydrogen (secondary N) is 1. The summed E-state index contributed by atoms with van der Waals surface area (Å²) in [5.41, 5.74) is 1.10. The number of hydrogen-bond acceptors (Lipinski definition) is 3. The molecule has 76 valence electrons. The molecule has 1 saturated heterocycles. The Labute approximate surface area is 84.0 Å². The first-order valence-electron chi connectivity index (χ1n) is 4.95. The van der Waals surface area contributed by atoms with Gasteiger partial charge in [-0.3, -0.25) is 0 Å². The molecule has 0 bridgehead atoms. The zero-order valence-corrected chi connectivity index (χ0v) is 8.32. The monoisotopic (exact) mass is 193 g/mol. The zero-order valence-electron chi connectivity index (χ0n) is 8.32. The Morgan fingerprint density at radius 2 is 2.36 bits per heavy atom. The molecule has 1 aliphatic rings. The molecule has 2 rings (SSSR count). The fourth-order valence-corrected chi connectivity index (χ4v) is 1.40. The van der Waals surface area contributed by atoms with Gasteiger partial charge in [-0.05, 0) is 19.1 Å². The van der Waals surface area contributed by atoms with Crippen molar-refractivity contribution in [2.24, 2.45) is 0 Å². The van der Waals surface area contributed by atoms with Gasteiger partial charge in [-0.2, -0.15) is 0 Å². The summed E-state index contributed by atoms with van der Waals surface area (Å²) in [4.78, 5) is 0. The Morgan fingerprint density at radius 3 is 3.00 bits per heavy atom. The standard InChI is InChI=1S/C11H15NO2/c1-2-14-11-5-3-4-9(6-11)12-10-7-13-8-10/h3-6,10,12H,2,7-8H2,1H3. The summed E-state index contributed by atoms with van der Waals surface area (Å²) in [5, 5.41) is 3.37. The maximum atomic E-state index is 5.41. The molecule has 1 aromatic rings. The third kappa shape index (κ3) is 2.17. The minimum absolute atomic E-state index is 0.465. The van der Waals surface area contributed by atoms with Crippen LogP contribution in [-0.2, 0) is 4.74 Å². The lowest BCUT2D eigenvalue weighted by Crippen LogP contribution is -2.40. The molecule has 1 heterocycles. The number of rotatable bonds is 4. The second-order valence-electron chi connectivity index (χ2n) is 3.34. The van der Waals surface area contributed by atoms with Crippen molar-refractivity contribution >= 4 is 5.69 Å². The lowest BCUT2D eigenvalue weighted by molar-refractivity contribution is 0.0211. The first-order valence-corrected chi connectivity index (χ1v) is 4.95. The van der Waals surface area contributed by atoms with Gasteiger partial charge < -0.3 is 14.8 Å². The van der Waals surface area contributed by atoms with Crippen molar-refractivity contribution in [1.82, 2.24) is 0 Å². The molecule has 1 fully saturated rings. The average molecular weight is 193 g/mol. The minimum Gasteiger partial charge on any atom is -0.494 e. The first kappa shape index (κ1) is 9.34. The Kier molecular flexibility index (Phi) is 2.89. The van der Waals surface area contributed by atoms with Gasteiger partial charge in [0, 0.05) is 11.8 Å². The number of ether oxygens (including phenoxy) is 2. The van der Waals surface area contributed by atoms with E-state index < -0.39 is 0 Å². The summed E-state index contributed by atoms with van der Waals surface area (Å²) >= 11 is 0. The quantitative estimate of drug-likeness (QED) is 0.792. The van der Waals surface area contributed by atoms with Gasteiger partial charge in [-0.1, -0.05) is 6.07 Å². The Morgan fingerprint density at radius 1 is 1.50 bits per heavy atom. The second kappa shape index (κ2) is 4.33. The van der Waals surface area contributed by atoms with Gasteiger partial charge in [-0.25, -0.2) is 0 Å². The summed E-state index contributed by atoms with van der Waals surface area (Å²) in [6.07, 6.45) is 0. The first-order chi connectivity index (χ1) is 6.88. The molecule has 3 heteroatoms. The SMILES string of the molecule is CCOc1cccc(NC2COC2)c1. The number of hydrogen-bond donors (Lipinski definition) is 1. The normalized spacial score (nSPS) is 16.1. The predicted octanol–water partition coefficient (Wildman–Crippen LogP) is 1.90. The lowest BCUT2D eigenvalue weighted by atomic mass is 10.2. The van der Waals surface area contributed by atoms with E-state index in [9.17, 15) is 0 Å². The molecule has 0 saturated carbocycles. The summed E-state index contributed by atoms with van der Waals surface area (Å²) in [7, 11) is 0. The largest absolute Gasteiger partial charge is 0.494 e. The highest BCUT2D eigenvalue weighted by molar-refractivity contribution is 5.49. The van der Waals surface area contributed by atoms with E-state index in [1.165, 1.54) is 0 Å². The summed E-state index contributed by atoms with van der Waals surface area (Å²) in [6.45, 7) is 4.30. The van der Waals surface area contributed by atoms with E-state index in [4.69, 9.17) is 9.47 Å². The fourth-order valence-electron chi connectivity index (χ4n) is 1.40. The second-order valence-corrected chi connectivity index (χ2v) is 3.34. The van der Waals surface area contributed by atoms with E-state index in [1.807, 2.05) is 31.2 Å². The minimum atomic E-state index is 0.465. The van der Waals surface area contributed by atoms with Crippen molar-refractivity contribution in [3.8, 4) is 5.75 Å². The van der Waals surface area contributed by atoms with E-state index >= 15 is 0 Å². The lowest BCUT2D eigenvalue weighted by Gasteiger charge is -2.27. The van der Waals surface area contributed by atoms with Crippen LogP contribution >= 0.6 is 0 Å². The zero-order chi connectivity index (χ0) is 9.80. The molecule has 0 aromatic heterocycles. The molecule has 0 amide bonds. The molecule has 14 heavy (non-hydrogen) atoms. The molecule has 0 unspecified atom stereocenters. The van der Waals surface area contributed by atoms with Crippen LogP contribution in [0.5, 0.6) is 5.75 Å². The van der Waals surface area contributed by atoms with E-state index in [0.29, 0.717) is 12.6 Å². The van der Waals surface area contributed by atoms with Crippen LogP contribution in [0.1, 0.15) is 6.92 Å². The van der Waals surface area contributed by atoms with Crippen LogP contribution < -0.4 is 10.1 Å². The molecule has 1 aromatic carbocycles. The molecular weight excluding hydrogens is 178 g/mol. The molecule has 0 radical (unpaired) electrons. The van der Waals surface area contributed by atoms with Gasteiger partial charge in [0.05, 0.1) is 25.9 Å². The molecule has 3 nitrogen and oxygen atoms in total. The van der Waals surface area contributed by atoms with E-state index in [1.54, 1.807) is 0 Å². The van der Waals surface area contributed by atoms with Crippen LogP contribution in [0.2, 0.25) is 0 Å². The van der Waals surface area contributed by atoms with Crippen LogP contribution in [0.15, 0.2) is 24.3 Å². The molecule has 0 spiro atoms. The van der Waals surface area contributed by atoms with Crippen LogP contribution in [-0.4, -0.2) is 25.9 Å². The maximum Gasteiger partial charge on any atom is 0.121 e. The van der Waals surface area contributed by atoms with Crippen LogP contribution in [0, 0.1) is 0 Å². The highest BCUT2D eigenvalue weighted by atomic mass is 16.5. The van der Waals surface area contributed by atoms with Crippen LogP contribution in [0.25, 0.3) is 0 Å². The summed E-state index contributed by atoms with van der Waals surface area (Å²) in [6, 6.07) is 8.48. The van der Waals surface area contributed by atoms with Crippen molar-refractivity contribution in [1.29, 1.82) is 0 Å². The Bertz CT molecular complexity index is 297. The maximum absolute atomic E-state index is 5.41. The van der Waals surface area contributed by atoms with Crippen LogP contribution in [0.4, 0.5) is 5.69 Å². The molecular formula is C11H15NO2. The number of benzene rings is 1. The third-order valence-electron chi connectivity index (χ3n) is 2.15. The molecule has 0 aliphatic carbocycles. The van der Waals surface area contributed by atoms with Crippen molar-refractivity contribution in [2.45, 2.75) is 13.0 Å². The highest BCUT2D eigenvalue weighted by Crippen LogP contribution is 2.19. The Balaban J connectivity index is 1.97. The Hall–Kier alpha value is -1.22. The topological polar surface area (TPSA) is 30.5 Å². The van der Waals surface area contributed by atoms with Crippen molar-refractivity contribution in [3.63, 3.8) is 0 Å². The summed E-state index contributed by atoms with van der Waals surface area (Å²) < 4.78 is 10.5. The fraction of sp³-hybridized carbons (Fsp3) is 0.455. The van der Waals surface area contributed by atoms with Crippen molar-refractivity contribution < 1.29 is 9.47 Å². The smallest absolute Gasteiger partial charge is 0.121 e. The van der Waals surface area contributed by atoms with E-state index in [2.05, 4.69) is 5.32 Å². The molecule has 0 atom stereocenters. The van der Waals surface area contributed by atoms with Crippen LogP contribution in [0.3, 0.4) is 0 Å². The molecule has 1 aliphatic heterocycles. The number of anilines is 1. The van der Waals surface area contributed by atoms with Gasteiger partial charge in [0.1, 0.15) is 5.75 Å². The summed E-state index contributed by atoms with van der Waals surface area (Å²) in [5.74, 6) is 0.915. The van der Waals surface area contributed by atoms with Gasteiger partial charge >= 0.3 is 0 Å². The van der Waals surface area contributed by atoms with E-state index in [-0.39, 0.29) is 0 Å². The van der Waals surface area contributed by atoms with Crippen molar-refractivity contribution in [3.05, 3.63) is 24.3 Å². The molecule has 1 N–H and O–H groups in total. The van der Waals surface area contributed by atoms with Gasteiger partial charge in [-0.15, -0.1) is 0 Å². The van der Waals surface area contributed by atoms with Crippen molar-refractivity contribution in [2.75, 3.05) is 25.1 Å². The average Bonchev–Trinajstić information content (AvgIpc) is 2.13. The third-order valence-corrected chi connectivity index (χ3v) is 2.15. The van der Waals surface area contributed by atoms with Gasteiger partial charge in [0.25, 0.3) is 0 Å².